The quantitative estimate of drug-likeness (QED) is 0.574. The molecule has 1 aliphatic heterocycles. The predicted molar refractivity (Wildman–Crippen MR) is 118 cm³/mol. The summed E-state index contributed by atoms with van der Waals surface area (Å²) in [5, 5.41) is 10.9. The van der Waals surface area contributed by atoms with Crippen molar-refractivity contribution in [1.29, 1.82) is 0 Å². The monoisotopic (exact) mass is 415 g/mol. The molecule has 0 unspecified atom stereocenters. The minimum Gasteiger partial charge on any atom is -0.370 e. The summed E-state index contributed by atoms with van der Waals surface area (Å²) in [6.07, 6.45) is 10.0. The fourth-order valence-electron chi connectivity index (χ4n) is 4.09. The number of aromatic nitrogens is 3. The molecular formula is C21H30ClN7. The first-order valence-corrected chi connectivity index (χ1v) is 11.0. The van der Waals surface area contributed by atoms with Gasteiger partial charge in [-0.1, -0.05) is 11.6 Å². The highest BCUT2D eigenvalue weighted by atomic mass is 35.5. The molecule has 8 heteroatoms. The molecule has 1 aliphatic carbocycles. The Kier molecular flexibility index (Phi) is 6.79. The fourth-order valence-corrected chi connectivity index (χ4v) is 4.29. The predicted octanol–water partition coefficient (Wildman–Crippen LogP) is 3.29. The molecule has 7 nitrogen and oxygen atoms in total. The minimum absolute atomic E-state index is 0.322. The van der Waals surface area contributed by atoms with Crippen LogP contribution < -0.4 is 21.7 Å². The Bertz CT molecular complexity index is 801. The van der Waals surface area contributed by atoms with Gasteiger partial charge < -0.3 is 21.7 Å². The molecular weight excluding hydrogens is 386 g/mol. The smallest absolute Gasteiger partial charge is 0.223 e. The van der Waals surface area contributed by atoms with Crippen LogP contribution in [0.5, 0.6) is 0 Å². The second-order valence-electron chi connectivity index (χ2n) is 8.15. The van der Waals surface area contributed by atoms with Crippen molar-refractivity contribution in [2.45, 2.75) is 50.6 Å². The van der Waals surface area contributed by atoms with Crippen LogP contribution in [0.25, 0.3) is 11.3 Å². The third-order valence-corrected chi connectivity index (χ3v) is 6.19. The van der Waals surface area contributed by atoms with Crippen LogP contribution in [0.15, 0.2) is 24.5 Å². The van der Waals surface area contributed by atoms with E-state index < -0.39 is 0 Å². The number of pyridine rings is 1. The number of piperidine rings is 1. The molecule has 0 spiro atoms. The summed E-state index contributed by atoms with van der Waals surface area (Å²) < 4.78 is 0. The van der Waals surface area contributed by atoms with Crippen LogP contribution in [0.1, 0.15) is 38.5 Å². The summed E-state index contributed by atoms with van der Waals surface area (Å²) in [4.78, 5) is 13.5. The third-order valence-electron chi connectivity index (χ3n) is 5.91. The highest BCUT2D eigenvalue weighted by Gasteiger charge is 2.20. The molecule has 1 saturated carbocycles. The van der Waals surface area contributed by atoms with Crippen molar-refractivity contribution in [2.24, 2.45) is 11.7 Å². The van der Waals surface area contributed by atoms with Crippen molar-refractivity contribution in [3.8, 4) is 11.3 Å². The van der Waals surface area contributed by atoms with Gasteiger partial charge in [0.15, 0.2) is 0 Å². The largest absolute Gasteiger partial charge is 0.370 e. The zero-order valence-corrected chi connectivity index (χ0v) is 17.5. The van der Waals surface area contributed by atoms with Crippen LogP contribution >= 0.6 is 11.6 Å². The van der Waals surface area contributed by atoms with Crippen LogP contribution in [0.3, 0.4) is 0 Å². The van der Waals surface area contributed by atoms with Crippen molar-refractivity contribution in [3.63, 3.8) is 0 Å². The second kappa shape index (κ2) is 9.69. The van der Waals surface area contributed by atoms with Gasteiger partial charge in [-0.2, -0.15) is 0 Å². The van der Waals surface area contributed by atoms with Crippen LogP contribution in [0.4, 0.5) is 11.8 Å². The minimum atomic E-state index is 0.322. The number of anilines is 2. The van der Waals surface area contributed by atoms with Crippen molar-refractivity contribution in [2.75, 3.05) is 30.3 Å². The van der Waals surface area contributed by atoms with Gasteiger partial charge in [0.1, 0.15) is 5.82 Å². The number of hydrogen-bond donors (Lipinski definition) is 4. The molecule has 0 aromatic carbocycles. The normalized spacial score (nSPS) is 23.0. The molecule has 0 radical (unpaired) electrons. The summed E-state index contributed by atoms with van der Waals surface area (Å²) >= 11 is 6.43. The number of nitrogens with zero attached hydrogens (tertiary/aromatic N) is 3. The standard InChI is InChI=1S/C21H30ClN7/c22-18-13-27-21(28-17-3-1-16(23)2-4-17)29-20(18)15-7-10-25-19(11-15)26-12-14-5-8-24-9-6-14/h7,10-11,13-14,16-17,24H,1-6,8-9,12,23H2,(H,25,26)(H,27,28,29). The summed E-state index contributed by atoms with van der Waals surface area (Å²) in [6, 6.07) is 4.64. The Morgan fingerprint density at radius 1 is 1.10 bits per heavy atom. The topological polar surface area (TPSA) is 101 Å². The molecule has 3 heterocycles. The first kappa shape index (κ1) is 20.3. The van der Waals surface area contributed by atoms with Crippen LogP contribution in [0, 0.1) is 5.92 Å². The Morgan fingerprint density at radius 3 is 2.69 bits per heavy atom. The molecule has 0 atom stereocenters. The van der Waals surface area contributed by atoms with Gasteiger partial charge in [-0.3, -0.25) is 0 Å². The van der Waals surface area contributed by atoms with Crippen molar-refractivity contribution < 1.29 is 0 Å². The van der Waals surface area contributed by atoms with Crippen LogP contribution in [0.2, 0.25) is 5.02 Å². The fraction of sp³-hybridized carbons (Fsp3) is 0.571. The summed E-state index contributed by atoms with van der Waals surface area (Å²) in [5.74, 6) is 2.15. The summed E-state index contributed by atoms with van der Waals surface area (Å²) in [6.45, 7) is 3.13. The zero-order chi connectivity index (χ0) is 20.1. The van der Waals surface area contributed by atoms with Crippen LogP contribution in [-0.4, -0.2) is 46.7 Å². The van der Waals surface area contributed by atoms with Crippen molar-refractivity contribution in [1.82, 2.24) is 20.3 Å². The van der Waals surface area contributed by atoms with E-state index in [1.807, 2.05) is 12.1 Å². The maximum absolute atomic E-state index is 6.43. The first-order chi connectivity index (χ1) is 14.2. The lowest BCUT2D eigenvalue weighted by Gasteiger charge is -2.26. The molecule has 156 valence electrons. The van der Waals surface area contributed by atoms with Gasteiger partial charge in [-0.25, -0.2) is 15.0 Å². The van der Waals surface area contributed by atoms with Gasteiger partial charge >= 0.3 is 0 Å². The van der Waals surface area contributed by atoms with Crippen LogP contribution in [-0.2, 0) is 0 Å². The number of nitrogens with two attached hydrogens (primary N) is 1. The van der Waals surface area contributed by atoms with E-state index in [-0.39, 0.29) is 0 Å². The van der Waals surface area contributed by atoms with E-state index in [4.69, 9.17) is 22.3 Å². The molecule has 2 fully saturated rings. The van der Waals surface area contributed by atoms with Gasteiger partial charge in [-0.05, 0) is 69.7 Å². The summed E-state index contributed by atoms with van der Waals surface area (Å²) in [7, 11) is 0. The molecule has 2 aromatic rings. The van der Waals surface area contributed by atoms with Gasteiger partial charge in [0, 0.05) is 30.4 Å². The van der Waals surface area contributed by atoms with E-state index >= 15 is 0 Å². The Balaban J connectivity index is 1.44. The van der Waals surface area contributed by atoms with Gasteiger partial charge in [0.25, 0.3) is 0 Å². The second-order valence-corrected chi connectivity index (χ2v) is 8.56. The summed E-state index contributed by atoms with van der Waals surface area (Å²) in [5.41, 5.74) is 7.67. The average Bonchev–Trinajstić information content (AvgIpc) is 2.76. The van der Waals surface area contributed by atoms with E-state index in [2.05, 4.69) is 25.9 Å². The molecule has 1 saturated heterocycles. The Labute approximate surface area is 177 Å². The first-order valence-electron chi connectivity index (χ1n) is 10.6. The average molecular weight is 416 g/mol. The number of rotatable bonds is 6. The van der Waals surface area contributed by atoms with E-state index in [1.54, 1.807) is 12.4 Å². The third kappa shape index (κ3) is 5.56. The SMILES string of the molecule is NC1CCC(Nc2ncc(Cl)c(-c3ccnc(NCC4CCNCC4)c3)n2)CC1. The maximum atomic E-state index is 6.43. The van der Waals surface area contributed by atoms with E-state index in [1.165, 1.54) is 12.8 Å². The lowest BCUT2D eigenvalue weighted by Crippen LogP contribution is -2.33. The van der Waals surface area contributed by atoms with Crippen molar-refractivity contribution in [3.05, 3.63) is 29.5 Å². The maximum Gasteiger partial charge on any atom is 0.223 e. The highest BCUT2D eigenvalue weighted by molar-refractivity contribution is 6.32. The molecule has 4 rings (SSSR count). The molecule has 0 bridgehead atoms. The van der Waals surface area contributed by atoms with E-state index in [9.17, 15) is 0 Å². The Hall–Kier alpha value is -1.96. The number of nitrogens with one attached hydrogen (secondary N) is 3. The molecule has 2 aromatic heterocycles. The van der Waals surface area contributed by atoms with Gasteiger partial charge in [0.05, 0.1) is 16.9 Å². The number of hydrogen-bond acceptors (Lipinski definition) is 7. The lowest BCUT2D eigenvalue weighted by molar-refractivity contribution is 0.389. The lowest BCUT2D eigenvalue weighted by atomic mass is 9.92. The highest BCUT2D eigenvalue weighted by Crippen LogP contribution is 2.28. The Morgan fingerprint density at radius 2 is 1.90 bits per heavy atom. The van der Waals surface area contributed by atoms with Gasteiger partial charge in [-0.15, -0.1) is 0 Å². The number of halogens is 1. The van der Waals surface area contributed by atoms with E-state index in [0.717, 1.165) is 62.4 Å². The molecule has 5 N–H and O–H groups in total. The molecule has 29 heavy (non-hydrogen) atoms. The molecule has 2 aliphatic rings. The van der Waals surface area contributed by atoms with E-state index in [0.29, 0.717) is 29.0 Å². The van der Waals surface area contributed by atoms with Crippen molar-refractivity contribution >= 4 is 23.4 Å². The zero-order valence-electron chi connectivity index (χ0n) is 16.7. The van der Waals surface area contributed by atoms with Gasteiger partial charge in [0.2, 0.25) is 5.95 Å². The molecule has 0 amide bonds.